The number of aromatic amines is 1. The van der Waals surface area contributed by atoms with Gasteiger partial charge in [-0.2, -0.15) is 5.10 Å². The maximum atomic E-state index is 11.1. The molecule has 8 heteroatoms. The molecule has 0 saturated heterocycles. The lowest BCUT2D eigenvalue weighted by Crippen LogP contribution is -2.27. The normalized spacial score (nSPS) is 10.2. The second-order valence-electron chi connectivity index (χ2n) is 3.83. The van der Waals surface area contributed by atoms with Crippen molar-refractivity contribution >= 4 is 11.4 Å². The van der Waals surface area contributed by atoms with Crippen LogP contribution in [0, 0.1) is 15.0 Å². The highest BCUT2D eigenvalue weighted by Gasteiger charge is 2.27. The lowest BCUT2D eigenvalue weighted by Gasteiger charge is -2.05. The Bertz CT molecular complexity index is 650. The van der Waals surface area contributed by atoms with Gasteiger partial charge in [0.25, 0.3) is 0 Å². The van der Waals surface area contributed by atoms with E-state index in [9.17, 15) is 15.0 Å². The summed E-state index contributed by atoms with van der Waals surface area (Å²) in [6.07, 6.45) is 3.32. The summed E-state index contributed by atoms with van der Waals surface area (Å²) in [5.41, 5.74) is 0.324. The lowest BCUT2D eigenvalue weighted by molar-refractivity contribution is -0.726. The molecule has 1 N–H and O–H groups in total. The van der Waals surface area contributed by atoms with Crippen LogP contribution in [0.4, 0.5) is 11.4 Å². The summed E-state index contributed by atoms with van der Waals surface area (Å²) in [5, 5.41) is 16.7. The quantitative estimate of drug-likeness (QED) is 0.393. The number of aryl methyl sites for hydroxylation is 1. The van der Waals surface area contributed by atoms with Gasteiger partial charge in [0.1, 0.15) is 0 Å². The zero-order chi connectivity index (χ0) is 14.0. The first-order valence-corrected chi connectivity index (χ1v) is 5.31. The summed E-state index contributed by atoms with van der Waals surface area (Å²) in [6, 6.07) is 3.00. The SMILES string of the molecule is COc1ccc(-c2c[nH][n+](C)c2)c(N=O)c1[N+](=O)[O-]. The van der Waals surface area contributed by atoms with Gasteiger partial charge in [0.2, 0.25) is 6.20 Å². The van der Waals surface area contributed by atoms with Crippen LogP contribution in [0.3, 0.4) is 0 Å². The van der Waals surface area contributed by atoms with Gasteiger partial charge < -0.3 is 4.74 Å². The fourth-order valence-corrected chi connectivity index (χ4v) is 1.83. The Kier molecular flexibility index (Phi) is 3.23. The molecule has 2 aromatic rings. The minimum atomic E-state index is -0.675. The first-order valence-electron chi connectivity index (χ1n) is 5.31. The molecule has 0 radical (unpaired) electrons. The number of nitro benzene ring substituents is 1. The van der Waals surface area contributed by atoms with Gasteiger partial charge in [0.05, 0.1) is 23.8 Å². The van der Waals surface area contributed by atoms with Gasteiger partial charge in [-0.1, -0.05) is 0 Å². The molecule has 1 aromatic heterocycles. The molecule has 0 amide bonds. The Labute approximate surface area is 107 Å². The molecule has 0 aliphatic rings. The van der Waals surface area contributed by atoms with Crippen molar-refractivity contribution in [2.45, 2.75) is 0 Å². The summed E-state index contributed by atoms with van der Waals surface area (Å²) in [6.45, 7) is 0. The molecular formula is C11H11N4O4+. The van der Waals surface area contributed by atoms with Crippen LogP contribution in [0.25, 0.3) is 11.1 Å². The Morgan fingerprint density at radius 1 is 1.47 bits per heavy atom. The van der Waals surface area contributed by atoms with Crippen molar-refractivity contribution in [2.75, 3.05) is 7.11 Å². The van der Waals surface area contributed by atoms with Crippen molar-refractivity contribution < 1.29 is 14.3 Å². The van der Waals surface area contributed by atoms with Crippen molar-refractivity contribution in [1.82, 2.24) is 5.10 Å². The monoisotopic (exact) mass is 263 g/mol. The predicted octanol–water partition coefficient (Wildman–Crippen LogP) is 1.82. The summed E-state index contributed by atoms with van der Waals surface area (Å²) in [5.74, 6) is 0.00302. The highest BCUT2D eigenvalue weighted by atomic mass is 16.6. The number of ether oxygens (including phenoxy) is 1. The molecule has 1 aromatic carbocycles. The van der Waals surface area contributed by atoms with E-state index in [1.807, 2.05) is 0 Å². The Morgan fingerprint density at radius 3 is 2.68 bits per heavy atom. The molecule has 0 unspecified atom stereocenters. The fraction of sp³-hybridized carbons (Fsp3) is 0.182. The number of nitro groups is 1. The molecule has 98 valence electrons. The van der Waals surface area contributed by atoms with Crippen molar-refractivity contribution in [3.8, 4) is 16.9 Å². The predicted molar refractivity (Wildman–Crippen MR) is 66.1 cm³/mol. The van der Waals surface area contributed by atoms with Crippen LogP contribution in [-0.4, -0.2) is 17.1 Å². The number of hydrogen-bond donors (Lipinski definition) is 1. The molecule has 19 heavy (non-hydrogen) atoms. The Morgan fingerprint density at radius 2 is 2.21 bits per heavy atom. The van der Waals surface area contributed by atoms with Gasteiger partial charge in [-0.25, -0.2) is 0 Å². The van der Waals surface area contributed by atoms with Gasteiger partial charge in [-0.05, 0) is 17.3 Å². The van der Waals surface area contributed by atoms with Gasteiger partial charge in [-0.15, -0.1) is 9.59 Å². The van der Waals surface area contributed by atoms with Crippen LogP contribution < -0.4 is 9.42 Å². The van der Waals surface area contributed by atoms with E-state index in [1.165, 1.54) is 13.2 Å². The number of hydrogen-bond acceptors (Lipinski definition) is 5. The van der Waals surface area contributed by atoms with Crippen LogP contribution >= 0.6 is 0 Å². The molecule has 2 rings (SSSR count). The third-order valence-corrected chi connectivity index (χ3v) is 2.68. The van der Waals surface area contributed by atoms with Crippen molar-refractivity contribution in [2.24, 2.45) is 12.2 Å². The number of aromatic nitrogens is 2. The largest absolute Gasteiger partial charge is 0.490 e. The van der Waals surface area contributed by atoms with E-state index < -0.39 is 10.6 Å². The molecule has 0 fully saturated rings. The van der Waals surface area contributed by atoms with E-state index in [0.717, 1.165) is 0 Å². The first-order chi connectivity index (χ1) is 9.08. The van der Waals surface area contributed by atoms with Gasteiger partial charge in [0, 0.05) is 5.56 Å². The molecule has 0 saturated carbocycles. The average molecular weight is 263 g/mol. The summed E-state index contributed by atoms with van der Waals surface area (Å²) in [4.78, 5) is 21.4. The zero-order valence-electron chi connectivity index (χ0n) is 10.3. The van der Waals surface area contributed by atoms with E-state index in [4.69, 9.17) is 4.74 Å². The van der Waals surface area contributed by atoms with Crippen LogP contribution in [0.15, 0.2) is 29.7 Å². The number of nitrogens with zero attached hydrogens (tertiary/aromatic N) is 3. The second-order valence-corrected chi connectivity index (χ2v) is 3.83. The van der Waals surface area contributed by atoms with Gasteiger partial charge in [0.15, 0.2) is 18.5 Å². The average Bonchev–Trinajstić information content (AvgIpc) is 2.83. The van der Waals surface area contributed by atoms with Crippen LogP contribution in [-0.2, 0) is 7.05 Å². The Hall–Kier alpha value is -2.77. The number of nitroso groups, excluding NO2 is 1. The van der Waals surface area contributed by atoms with E-state index in [2.05, 4.69) is 10.3 Å². The molecule has 0 aliphatic heterocycles. The third-order valence-electron chi connectivity index (χ3n) is 2.68. The third kappa shape index (κ3) is 2.15. The molecule has 8 nitrogen and oxygen atoms in total. The van der Waals surface area contributed by atoms with Crippen molar-refractivity contribution in [3.05, 3.63) is 39.5 Å². The van der Waals surface area contributed by atoms with Gasteiger partial charge >= 0.3 is 5.69 Å². The second kappa shape index (κ2) is 4.84. The van der Waals surface area contributed by atoms with Crippen LogP contribution in [0.1, 0.15) is 0 Å². The smallest absolute Gasteiger partial charge is 0.340 e. The zero-order valence-corrected chi connectivity index (χ0v) is 10.3. The minimum Gasteiger partial charge on any atom is -0.490 e. The maximum Gasteiger partial charge on any atom is 0.340 e. The standard InChI is InChI=1S/C11H10N4O4/c1-14-6-7(5-12-14)8-3-4-9(19-2)11(15(17)18)10(8)13-16/h3-6H,1-2H3/p+1. The van der Waals surface area contributed by atoms with Gasteiger partial charge in [-0.3, -0.25) is 10.1 Å². The first kappa shape index (κ1) is 12.7. The molecular weight excluding hydrogens is 252 g/mol. The van der Waals surface area contributed by atoms with Crippen molar-refractivity contribution in [1.29, 1.82) is 0 Å². The minimum absolute atomic E-state index is 0.00302. The summed E-state index contributed by atoms with van der Waals surface area (Å²) in [7, 11) is 3.06. The highest BCUT2D eigenvalue weighted by Crippen LogP contribution is 2.43. The molecule has 0 spiro atoms. The number of H-pyrrole nitrogens is 1. The molecule has 0 atom stereocenters. The van der Waals surface area contributed by atoms with Crippen molar-refractivity contribution in [3.63, 3.8) is 0 Å². The van der Waals surface area contributed by atoms with E-state index in [1.54, 1.807) is 30.2 Å². The number of rotatable bonds is 4. The van der Waals surface area contributed by atoms with E-state index in [0.29, 0.717) is 11.1 Å². The number of nitrogens with one attached hydrogen (secondary N) is 1. The molecule has 0 aliphatic carbocycles. The van der Waals surface area contributed by atoms with Crippen LogP contribution in [0.5, 0.6) is 5.75 Å². The number of benzene rings is 1. The summed E-state index contributed by atoms with van der Waals surface area (Å²) >= 11 is 0. The number of methoxy groups -OCH3 is 1. The lowest BCUT2D eigenvalue weighted by atomic mass is 10.1. The van der Waals surface area contributed by atoms with E-state index in [-0.39, 0.29) is 11.4 Å². The fourth-order valence-electron chi connectivity index (χ4n) is 1.83. The Balaban J connectivity index is 2.73. The summed E-state index contributed by atoms with van der Waals surface area (Å²) < 4.78 is 6.54. The van der Waals surface area contributed by atoms with E-state index >= 15 is 0 Å². The topological polar surface area (TPSA) is 101 Å². The van der Waals surface area contributed by atoms with Crippen LogP contribution in [0.2, 0.25) is 0 Å². The molecule has 1 heterocycles. The highest BCUT2D eigenvalue weighted by molar-refractivity contribution is 5.84. The maximum absolute atomic E-state index is 11.1. The molecule has 0 bridgehead atoms.